The van der Waals surface area contributed by atoms with Gasteiger partial charge in [-0.05, 0) is 34.5 Å². The molecule has 68 valence electrons. The van der Waals surface area contributed by atoms with E-state index in [-0.39, 0.29) is 0 Å². The second-order valence-corrected chi connectivity index (χ2v) is 4.19. The number of halogens is 2. The van der Waals surface area contributed by atoms with Gasteiger partial charge in [0.15, 0.2) is 0 Å². The number of aromatic nitrogens is 1. The molecule has 2 aromatic rings. The smallest absolute Gasteiger partial charge is 0.0482 e. The van der Waals surface area contributed by atoms with E-state index in [0.717, 1.165) is 21.4 Å². The summed E-state index contributed by atoms with van der Waals surface area (Å²) in [6.45, 7) is 2.12. The van der Waals surface area contributed by atoms with Crippen molar-refractivity contribution in [2.24, 2.45) is 0 Å². The number of hydrogen-bond acceptors (Lipinski definition) is 0. The fraction of sp³-hybridized carbons (Fsp3) is 0.200. The summed E-state index contributed by atoms with van der Waals surface area (Å²) < 4.78 is 1.15. The first-order valence-electron chi connectivity index (χ1n) is 4.18. The Morgan fingerprint density at radius 2 is 2.23 bits per heavy atom. The summed E-state index contributed by atoms with van der Waals surface area (Å²) in [4.78, 5) is 3.32. The largest absolute Gasteiger partial charge is 0.357 e. The predicted molar refractivity (Wildman–Crippen MR) is 60.4 cm³/mol. The van der Waals surface area contributed by atoms with Crippen molar-refractivity contribution in [1.29, 1.82) is 0 Å². The maximum atomic E-state index is 5.89. The number of hydrogen-bond donors (Lipinski definition) is 1. The SMILES string of the molecule is CCc1[nH]c2cc(Cl)ccc2c1Br. The van der Waals surface area contributed by atoms with Gasteiger partial charge in [-0.2, -0.15) is 0 Å². The summed E-state index contributed by atoms with van der Waals surface area (Å²) in [5.41, 5.74) is 2.31. The highest BCUT2D eigenvalue weighted by Crippen LogP contribution is 2.29. The number of benzene rings is 1. The molecule has 13 heavy (non-hydrogen) atoms. The van der Waals surface area contributed by atoms with E-state index in [1.54, 1.807) is 0 Å². The van der Waals surface area contributed by atoms with E-state index in [0.29, 0.717) is 0 Å². The average Bonchev–Trinajstić information content (AvgIpc) is 2.42. The zero-order chi connectivity index (χ0) is 9.42. The third-order valence-electron chi connectivity index (χ3n) is 2.12. The fourth-order valence-corrected chi connectivity index (χ4v) is 2.33. The second-order valence-electron chi connectivity index (χ2n) is 2.96. The van der Waals surface area contributed by atoms with Crippen molar-refractivity contribution in [2.45, 2.75) is 13.3 Å². The van der Waals surface area contributed by atoms with Crippen LogP contribution in [0.5, 0.6) is 0 Å². The Hall–Kier alpha value is -0.470. The van der Waals surface area contributed by atoms with Crippen LogP contribution in [0.2, 0.25) is 5.02 Å². The Morgan fingerprint density at radius 1 is 1.46 bits per heavy atom. The van der Waals surface area contributed by atoms with Crippen LogP contribution >= 0.6 is 27.5 Å². The molecule has 2 rings (SSSR count). The van der Waals surface area contributed by atoms with Gasteiger partial charge in [-0.1, -0.05) is 24.6 Å². The molecule has 0 aliphatic rings. The van der Waals surface area contributed by atoms with Gasteiger partial charge in [-0.3, -0.25) is 0 Å². The Balaban J connectivity index is 2.76. The lowest BCUT2D eigenvalue weighted by Crippen LogP contribution is -1.77. The summed E-state index contributed by atoms with van der Waals surface area (Å²) in [5, 5.41) is 1.96. The van der Waals surface area contributed by atoms with Gasteiger partial charge in [-0.25, -0.2) is 0 Å². The minimum absolute atomic E-state index is 0.768. The van der Waals surface area contributed by atoms with Crippen LogP contribution in [0, 0.1) is 0 Å². The number of fused-ring (bicyclic) bond motifs is 1. The Labute approximate surface area is 90.2 Å². The molecule has 0 atom stereocenters. The van der Waals surface area contributed by atoms with E-state index in [1.165, 1.54) is 11.1 Å². The Bertz CT molecular complexity index is 447. The number of aryl methyl sites for hydroxylation is 1. The van der Waals surface area contributed by atoms with Crippen molar-refractivity contribution in [3.63, 3.8) is 0 Å². The highest BCUT2D eigenvalue weighted by Gasteiger charge is 2.06. The van der Waals surface area contributed by atoms with Crippen molar-refractivity contribution >= 4 is 38.4 Å². The fourth-order valence-electron chi connectivity index (χ4n) is 1.43. The van der Waals surface area contributed by atoms with Gasteiger partial charge in [-0.15, -0.1) is 0 Å². The zero-order valence-electron chi connectivity index (χ0n) is 7.20. The van der Waals surface area contributed by atoms with Crippen molar-refractivity contribution in [2.75, 3.05) is 0 Å². The van der Waals surface area contributed by atoms with Gasteiger partial charge >= 0.3 is 0 Å². The van der Waals surface area contributed by atoms with E-state index >= 15 is 0 Å². The topological polar surface area (TPSA) is 15.8 Å². The molecule has 1 aromatic carbocycles. The predicted octanol–water partition coefficient (Wildman–Crippen LogP) is 4.15. The number of aromatic amines is 1. The van der Waals surface area contributed by atoms with Crippen molar-refractivity contribution in [3.05, 3.63) is 33.4 Å². The van der Waals surface area contributed by atoms with Crippen molar-refractivity contribution < 1.29 is 0 Å². The van der Waals surface area contributed by atoms with Gasteiger partial charge in [0, 0.05) is 26.1 Å². The van der Waals surface area contributed by atoms with E-state index < -0.39 is 0 Å². The third-order valence-corrected chi connectivity index (χ3v) is 3.26. The molecule has 1 N–H and O–H groups in total. The maximum absolute atomic E-state index is 5.89. The molecule has 0 aliphatic carbocycles. The molecular formula is C10H9BrClN. The highest BCUT2D eigenvalue weighted by molar-refractivity contribution is 9.10. The minimum Gasteiger partial charge on any atom is -0.357 e. The van der Waals surface area contributed by atoms with Crippen LogP contribution in [0.1, 0.15) is 12.6 Å². The van der Waals surface area contributed by atoms with Crippen LogP contribution in [-0.2, 0) is 6.42 Å². The lowest BCUT2D eigenvalue weighted by molar-refractivity contribution is 1.06. The Morgan fingerprint density at radius 3 is 2.92 bits per heavy atom. The molecule has 0 saturated heterocycles. The van der Waals surface area contributed by atoms with Crippen molar-refractivity contribution in [1.82, 2.24) is 4.98 Å². The summed E-state index contributed by atoms with van der Waals surface area (Å²) in [6, 6.07) is 5.88. The zero-order valence-corrected chi connectivity index (χ0v) is 9.54. The van der Waals surface area contributed by atoms with E-state index in [1.807, 2.05) is 18.2 Å². The monoisotopic (exact) mass is 257 g/mol. The van der Waals surface area contributed by atoms with Crippen molar-refractivity contribution in [3.8, 4) is 0 Å². The Kier molecular flexibility index (Phi) is 2.35. The van der Waals surface area contributed by atoms with Crippen LogP contribution in [0.25, 0.3) is 10.9 Å². The minimum atomic E-state index is 0.768. The molecule has 0 spiro atoms. The van der Waals surface area contributed by atoms with Crippen LogP contribution in [0.3, 0.4) is 0 Å². The van der Waals surface area contributed by atoms with Crippen LogP contribution < -0.4 is 0 Å². The molecule has 0 amide bonds. The van der Waals surface area contributed by atoms with Crippen LogP contribution in [0.15, 0.2) is 22.7 Å². The number of rotatable bonds is 1. The molecular weight excluding hydrogens is 249 g/mol. The van der Waals surface area contributed by atoms with E-state index in [2.05, 4.69) is 27.8 Å². The molecule has 0 radical (unpaired) electrons. The summed E-state index contributed by atoms with van der Waals surface area (Å²) in [5.74, 6) is 0. The van der Waals surface area contributed by atoms with E-state index in [4.69, 9.17) is 11.6 Å². The second kappa shape index (κ2) is 3.35. The van der Waals surface area contributed by atoms with Gasteiger partial charge in [0.2, 0.25) is 0 Å². The van der Waals surface area contributed by atoms with E-state index in [9.17, 15) is 0 Å². The highest BCUT2D eigenvalue weighted by atomic mass is 79.9. The molecule has 0 aliphatic heterocycles. The summed E-state index contributed by atoms with van der Waals surface area (Å²) in [7, 11) is 0. The maximum Gasteiger partial charge on any atom is 0.0482 e. The van der Waals surface area contributed by atoms with Gasteiger partial charge in [0.05, 0.1) is 0 Å². The average molecular weight is 259 g/mol. The van der Waals surface area contributed by atoms with Crippen LogP contribution in [0.4, 0.5) is 0 Å². The first kappa shape index (κ1) is 9.10. The molecule has 3 heteroatoms. The molecule has 0 bridgehead atoms. The normalized spacial score (nSPS) is 11.0. The first-order chi connectivity index (χ1) is 6.22. The molecule has 1 nitrogen and oxygen atoms in total. The van der Waals surface area contributed by atoms with Gasteiger partial charge in [0.25, 0.3) is 0 Å². The third kappa shape index (κ3) is 1.49. The summed E-state index contributed by atoms with van der Waals surface area (Å²) in [6.07, 6.45) is 0.993. The number of nitrogens with one attached hydrogen (secondary N) is 1. The molecule has 0 fully saturated rings. The van der Waals surface area contributed by atoms with Gasteiger partial charge < -0.3 is 4.98 Å². The summed E-state index contributed by atoms with van der Waals surface area (Å²) >= 11 is 9.45. The number of H-pyrrole nitrogens is 1. The lowest BCUT2D eigenvalue weighted by atomic mass is 10.2. The molecule has 1 aromatic heterocycles. The quantitative estimate of drug-likeness (QED) is 0.791. The molecule has 0 saturated carbocycles. The lowest BCUT2D eigenvalue weighted by Gasteiger charge is -1.90. The van der Waals surface area contributed by atoms with Crippen LogP contribution in [-0.4, -0.2) is 4.98 Å². The standard InChI is InChI=1S/C10H9BrClN/c1-2-8-10(11)7-4-3-6(12)5-9(7)13-8/h3-5,13H,2H2,1H3. The molecule has 0 unspecified atom stereocenters. The van der Waals surface area contributed by atoms with Gasteiger partial charge in [0.1, 0.15) is 0 Å². The molecule has 1 heterocycles. The first-order valence-corrected chi connectivity index (χ1v) is 5.35.